The molecule has 1 aromatic rings. The van der Waals surface area contributed by atoms with Gasteiger partial charge in [0.25, 0.3) is 0 Å². The monoisotopic (exact) mass is 172 g/mol. The Morgan fingerprint density at radius 3 is 2.15 bits per heavy atom. The molecule has 1 aromatic carbocycles. The van der Waals surface area contributed by atoms with Crippen LogP contribution in [0.2, 0.25) is 0 Å². The van der Waals surface area contributed by atoms with Crippen molar-refractivity contribution in [2.24, 2.45) is 5.92 Å². The number of carbonyl (C=O) groups excluding carboxylic acids is 1. The van der Waals surface area contributed by atoms with Gasteiger partial charge in [-0.1, -0.05) is 37.3 Å². The Balaban J connectivity index is 2.24. The van der Waals surface area contributed by atoms with Crippen LogP contribution in [0.5, 0.6) is 0 Å². The van der Waals surface area contributed by atoms with E-state index in [0.29, 0.717) is 5.92 Å². The van der Waals surface area contributed by atoms with Gasteiger partial charge in [-0.3, -0.25) is 4.79 Å². The molecule has 0 heterocycles. The van der Waals surface area contributed by atoms with E-state index in [0.717, 1.165) is 5.56 Å². The molecule has 1 atom stereocenters. The zero-order chi connectivity index (χ0) is 9.42. The molecule has 1 aliphatic carbocycles. The third-order valence-electron chi connectivity index (χ3n) is 2.44. The van der Waals surface area contributed by atoms with Crippen LogP contribution in [0.4, 0.5) is 0 Å². The van der Waals surface area contributed by atoms with E-state index >= 15 is 0 Å². The standard InChI is InChI=1S/C12H12O/c1-8-7-12(8)11-5-3-10(4-6-11)9(2)13/h3-8H,1-2H3/t8-/m1/s1. The summed E-state index contributed by atoms with van der Waals surface area (Å²) in [6.45, 7) is 3.77. The Morgan fingerprint density at radius 2 is 1.77 bits per heavy atom. The molecule has 0 bridgehead atoms. The number of hydrogen-bond donors (Lipinski definition) is 0. The second-order valence-electron chi connectivity index (χ2n) is 3.54. The van der Waals surface area contributed by atoms with Gasteiger partial charge >= 0.3 is 0 Å². The summed E-state index contributed by atoms with van der Waals surface area (Å²) in [5, 5.41) is 0. The number of hydrogen-bond acceptors (Lipinski definition) is 1. The molecule has 2 rings (SSSR count). The SMILES string of the molecule is CC(=O)c1ccc(C2=C[C@H]2C)cc1. The third-order valence-corrected chi connectivity index (χ3v) is 2.44. The lowest BCUT2D eigenvalue weighted by Gasteiger charge is -1.98. The number of ketones is 1. The number of carbonyl (C=O) groups is 1. The van der Waals surface area contributed by atoms with Crippen molar-refractivity contribution < 1.29 is 4.79 Å². The fourth-order valence-electron chi connectivity index (χ4n) is 1.48. The van der Waals surface area contributed by atoms with Crippen LogP contribution >= 0.6 is 0 Å². The van der Waals surface area contributed by atoms with Crippen LogP contribution in [0.1, 0.15) is 29.8 Å². The van der Waals surface area contributed by atoms with Crippen molar-refractivity contribution in [2.75, 3.05) is 0 Å². The molecule has 1 aliphatic rings. The van der Waals surface area contributed by atoms with Crippen LogP contribution in [0.25, 0.3) is 5.57 Å². The lowest BCUT2D eigenvalue weighted by Crippen LogP contribution is -1.90. The van der Waals surface area contributed by atoms with Gasteiger partial charge in [0.1, 0.15) is 0 Å². The van der Waals surface area contributed by atoms with Crippen LogP contribution in [-0.2, 0) is 0 Å². The lowest BCUT2D eigenvalue weighted by molar-refractivity contribution is 0.101. The summed E-state index contributed by atoms with van der Waals surface area (Å²) < 4.78 is 0. The first-order valence-electron chi connectivity index (χ1n) is 4.51. The van der Waals surface area contributed by atoms with Crippen molar-refractivity contribution in [3.05, 3.63) is 41.5 Å². The maximum absolute atomic E-state index is 11.0. The molecule has 0 saturated heterocycles. The van der Waals surface area contributed by atoms with Crippen LogP contribution in [0.3, 0.4) is 0 Å². The first kappa shape index (κ1) is 8.24. The minimum Gasteiger partial charge on any atom is -0.295 e. The summed E-state index contributed by atoms with van der Waals surface area (Å²) in [7, 11) is 0. The summed E-state index contributed by atoms with van der Waals surface area (Å²) in [5.74, 6) is 0.757. The highest BCUT2D eigenvalue weighted by atomic mass is 16.1. The molecule has 0 aromatic heterocycles. The van der Waals surface area contributed by atoms with Crippen LogP contribution < -0.4 is 0 Å². The molecule has 0 unspecified atom stereocenters. The number of Topliss-reactive ketones (excluding diaryl/α,β-unsaturated/α-hetero) is 1. The highest BCUT2D eigenvalue weighted by molar-refractivity contribution is 5.94. The van der Waals surface area contributed by atoms with Gasteiger partial charge in [-0.05, 0) is 24.0 Å². The first-order valence-corrected chi connectivity index (χ1v) is 4.51. The van der Waals surface area contributed by atoms with Crippen LogP contribution in [-0.4, -0.2) is 5.78 Å². The van der Waals surface area contributed by atoms with E-state index < -0.39 is 0 Å². The third kappa shape index (κ3) is 1.55. The maximum Gasteiger partial charge on any atom is 0.159 e. The normalized spacial score (nSPS) is 19.5. The lowest BCUT2D eigenvalue weighted by atomic mass is 10.1. The summed E-state index contributed by atoms with van der Waals surface area (Å²) in [6.07, 6.45) is 2.22. The summed E-state index contributed by atoms with van der Waals surface area (Å²) in [4.78, 5) is 11.0. The molecule has 66 valence electrons. The Kier molecular flexibility index (Phi) is 1.80. The maximum atomic E-state index is 11.0. The smallest absolute Gasteiger partial charge is 0.159 e. The average molecular weight is 172 g/mol. The van der Waals surface area contributed by atoms with Crippen molar-refractivity contribution in [3.8, 4) is 0 Å². The Bertz CT molecular complexity index is 371. The molecular formula is C12H12O. The van der Waals surface area contributed by atoms with Crippen molar-refractivity contribution in [3.63, 3.8) is 0 Å². The highest BCUT2D eigenvalue weighted by Gasteiger charge is 2.20. The predicted octanol–water partition coefficient (Wildman–Crippen LogP) is 2.92. The van der Waals surface area contributed by atoms with E-state index in [2.05, 4.69) is 13.0 Å². The molecule has 0 radical (unpaired) electrons. The van der Waals surface area contributed by atoms with Crippen LogP contribution in [0.15, 0.2) is 30.3 Å². The van der Waals surface area contributed by atoms with E-state index in [1.807, 2.05) is 24.3 Å². The Hall–Kier alpha value is -1.37. The second-order valence-corrected chi connectivity index (χ2v) is 3.54. The number of rotatable bonds is 2. The van der Waals surface area contributed by atoms with Gasteiger partial charge in [-0.2, -0.15) is 0 Å². The quantitative estimate of drug-likeness (QED) is 0.627. The van der Waals surface area contributed by atoms with Crippen molar-refractivity contribution >= 4 is 11.4 Å². The fraction of sp³-hybridized carbons (Fsp3) is 0.250. The van der Waals surface area contributed by atoms with E-state index in [1.54, 1.807) is 6.92 Å². The molecule has 0 spiro atoms. The van der Waals surface area contributed by atoms with Gasteiger partial charge in [0.05, 0.1) is 0 Å². The van der Waals surface area contributed by atoms with Crippen LogP contribution in [0, 0.1) is 5.92 Å². The molecule has 1 nitrogen and oxygen atoms in total. The molecule has 0 aliphatic heterocycles. The molecule has 0 fully saturated rings. The first-order chi connectivity index (χ1) is 6.18. The van der Waals surface area contributed by atoms with Gasteiger partial charge < -0.3 is 0 Å². The van der Waals surface area contributed by atoms with E-state index in [4.69, 9.17) is 0 Å². The number of benzene rings is 1. The minimum absolute atomic E-state index is 0.129. The molecule has 0 saturated carbocycles. The zero-order valence-corrected chi connectivity index (χ0v) is 7.87. The minimum atomic E-state index is 0.129. The topological polar surface area (TPSA) is 17.1 Å². The molecule has 0 N–H and O–H groups in total. The summed E-state index contributed by atoms with van der Waals surface area (Å²) in [6, 6.07) is 7.82. The molecule has 13 heavy (non-hydrogen) atoms. The highest BCUT2D eigenvalue weighted by Crippen LogP contribution is 2.37. The summed E-state index contributed by atoms with van der Waals surface area (Å²) >= 11 is 0. The van der Waals surface area contributed by atoms with E-state index in [9.17, 15) is 4.79 Å². The van der Waals surface area contributed by atoms with Crippen molar-refractivity contribution in [1.29, 1.82) is 0 Å². The van der Waals surface area contributed by atoms with Gasteiger partial charge in [-0.15, -0.1) is 0 Å². The largest absolute Gasteiger partial charge is 0.295 e. The number of allylic oxidation sites excluding steroid dienone is 2. The van der Waals surface area contributed by atoms with E-state index in [1.165, 1.54) is 11.1 Å². The second kappa shape index (κ2) is 2.84. The van der Waals surface area contributed by atoms with Gasteiger partial charge in [0.2, 0.25) is 0 Å². The Morgan fingerprint density at radius 1 is 1.23 bits per heavy atom. The summed E-state index contributed by atoms with van der Waals surface area (Å²) in [5.41, 5.74) is 3.44. The van der Waals surface area contributed by atoms with Gasteiger partial charge in [-0.25, -0.2) is 0 Å². The average Bonchev–Trinajstić information content (AvgIpc) is 2.83. The fourth-order valence-corrected chi connectivity index (χ4v) is 1.48. The molecule has 0 amide bonds. The molecular weight excluding hydrogens is 160 g/mol. The predicted molar refractivity (Wildman–Crippen MR) is 53.6 cm³/mol. The zero-order valence-electron chi connectivity index (χ0n) is 7.87. The van der Waals surface area contributed by atoms with Gasteiger partial charge in [0.15, 0.2) is 5.78 Å². The molecule has 1 heteroatoms. The van der Waals surface area contributed by atoms with Crippen molar-refractivity contribution in [2.45, 2.75) is 13.8 Å². The van der Waals surface area contributed by atoms with E-state index in [-0.39, 0.29) is 5.78 Å². The van der Waals surface area contributed by atoms with Crippen molar-refractivity contribution in [1.82, 2.24) is 0 Å². The van der Waals surface area contributed by atoms with Gasteiger partial charge in [0, 0.05) is 5.56 Å². The Labute approximate surface area is 78.1 Å².